The molecule has 3 aromatic rings. The molecule has 0 saturated carbocycles. The molecule has 0 atom stereocenters. The molecule has 2 aromatic heterocycles. The molecular weight excluding hydrogens is 417 g/mol. The Morgan fingerprint density at radius 2 is 1.38 bits per heavy atom. The quantitative estimate of drug-likeness (QED) is 0.481. The van der Waals surface area contributed by atoms with Gasteiger partial charge in [-0.05, 0) is 36.4 Å². The number of rotatable bonds is 2. The zero-order valence-electron chi connectivity index (χ0n) is 13.8. The van der Waals surface area contributed by atoms with Gasteiger partial charge < -0.3 is 5.32 Å². The number of nitrogens with zero attached hydrogens (tertiary/aromatic N) is 2. The Labute approximate surface area is 156 Å². The first-order valence-corrected chi connectivity index (χ1v) is 7.65. The highest BCUT2D eigenvalue weighted by molar-refractivity contribution is 5.82. The van der Waals surface area contributed by atoms with E-state index in [2.05, 4.69) is 15.3 Å². The lowest BCUT2D eigenvalue weighted by Crippen LogP contribution is -2.14. The molecule has 0 amide bonds. The average molecular weight is 425 g/mol. The summed E-state index contributed by atoms with van der Waals surface area (Å²) >= 11 is 0. The maximum atomic E-state index is 13.1. The molecule has 0 spiro atoms. The summed E-state index contributed by atoms with van der Waals surface area (Å²) in [5, 5.41) is 1.73. The summed E-state index contributed by atoms with van der Waals surface area (Å²) < 4.78 is 116. The number of pyridine rings is 2. The zero-order valence-corrected chi connectivity index (χ0v) is 13.8. The zero-order chi connectivity index (χ0) is 21.6. The summed E-state index contributed by atoms with van der Waals surface area (Å²) in [5.74, 6) is -0.281. The van der Waals surface area contributed by atoms with Gasteiger partial charge in [0.15, 0.2) is 5.65 Å². The van der Waals surface area contributed by atoms with Gasteiger partial charge in [-0.3, -0.25) is 0 Å². The first kappa shape index (κ1) is 20.7. The maximum absolute atomic E-state index is 13.1. The van der Waals surface area contributed by atoms with Gasteiger partial charge >= 0.3 is 18.5 Å². The standard InChI is InChI=1S/C17H8F9N3/c18-15(19,20)8-2-1-3-9(6-8)27-13-5-4-10-11(16(21,22)23)7-12(17(24,25)26)28-14(10)29-13/h1-7H,(H,27,28,29). The Morgan fingerprint density at radius 1 is 0.690 bits per heavy atom. The maximum Gasteiger partial charge on any atom is 0.433 e. The van der Waals surface area contributed by atoms with Crippen LogP contribution in [0.1, 0.15) is 16.8 Å². The number of benzene rings is 1. The highest BCUT2D eigenvalue weighted by Crippen LogP contribution is 2.38. The van der Waals surface area contributed by atoms with Crippen molar-refractivity contribution in [1.29, 1.82) is 0 Å². The van der Waals surface area contributed by atoms with Crippen molar-refractivity contribution in [3.8, 4) is 0 Å². The van der Waals surface area contributed by atoms with Crippen molar-refractivity contribution in [2.24, 2.45) is 0 Å². The summed E-state index contributed by atoms with van der Waals surface area (Å²) in [4.78, 5) is 6.73. The fourth-order valence-electron chi connectivity index (χ4n) is 2.48. The fraction of sp³-hybridized carbons (Fsp3) is 0.176. The van der Waals surface area contributed by atoms with Crippen molar-refractivity contribution in [3.05, 3.63) is 59.3 Å². The van der Waals surface area contributed by atoms with Crippen LogP contribution in [-0.4, -0.2) is 9.97 Å². The topological polar surface area (TPSA) is 37.8 Å². The molecular formula is C17H8F9N3. The number of alkyl halides is 9. The van der Waals surface area contributed by atoms with E-state index in [0.717, 1.165) is 24.3 Å². The molecule has 0 unspecified atom stereocenters. The van der Waals surface area contributed by atoms with E-state index in [1.165, 1.54) is 6.07 Å². The molecule has 3 nitrogen and oxygen atoms in total. The van der Waals surface area contributed by atoms with E-state index < -0.39 is 46.4 Å². The number of halogens is 9. The molecule has 0 aliphatic carbocycles. The Kier molecular flexibility index (Phi) is 4.83. The van der Waals surface area contributed by atoms with Crippen LogP contribution in [0.25, 0.3) is 11.0 Å². The number of aromatic nitrogens is 2. The molecule has 0 fully saturated rings. The third-order valence-electron chi connectivity index (χ3n) is 3.73. The second kappa shape index (κ2) is 6.78. The summed E-state index contributed by atoms with van der Waals surface area (Å²) in [5.41, 5.74) is -5.34. The van der Waals surface area contributed by atoms with Crippen LogP contribution >= 0.6 is 0 Å². The first-order chi connectivity index (χ1) is 13.2. The highest BCUT2D eigenvalue weighted by atomic mass is 19.4. The van der Waals surface area contributed by atoms with E-state index in [1.807, 2.05) is 0 Å². The molecule has 1 aromatic carbocycles. The van der Waals surface area contributed by atoms with Gasteiger partial charge in [-0.25, -0.2) is 9.97 Å². The van der Waals surface area contributed by atoms with Gasteiger partial charge in [-0.2, -0.15) is 39.5 Å². The number of anilines is 2. The van der Waals surface area contributed by atoms with Crippen molar-refractivity contribution in [3.63, 3.8) is 0 Å². The third-order valence-corrected chi connectivity index (χ3v) is 3.73. The molecule has 2 heterocycles. The van der Waals surface area contributed by atoms with Gasteiger partial charge in [0.05, 0.1) is 11.1 Å². The molecule has 3 rings (SSSR count). The largest absolute Gasteiger partial charge is 0.433 e. The van der Waals surface area contributed by atoms with Crippen LogP contribution in [0.4, 0.5) is 51.0 Å². The van der Waals surface area contributed by atoms with Crippen molar-refractivity contribution in [2.45, 2.75) is 18.5 Å². The minimum Gasteiger partial charge on any atom is -0.340 e. The van der Waals surface area contributed by atoms with Gasteiger partial charge in [0.25, 0.3) is 0 Å². The summed E-state index contributed by atoms with van der Waals surface area (Å²) in [6, 6.07) is 5.53. The minimum absolute atomic E-state index is 0.116. The molecule has 0 saturated heterocycles. The molecule has 12 heteroatoms. The molecule has 154 valence electrons. The van der Waals surface area contributed by atoms with E-state index >= 15 is 0 Å². The highest BCUT2D eigenvalue weighted by Gasteiger charge is 2.39. The van der Waals surface area contributed by atoms with Gasteiger partial charge in [-0.15, -0.1) is 0 Å². The number of hydrogen-bond acceptors (Lipinski definition) is 3. The summed E-state index contributed by atoms with van der Waals surface area (Å²) in [6.45, 7) is 0. The van der Waals surface area contributed by atoms with Crippen LogP contribution in [0.2, 0.25) is 0 Å². The fourth-order valence-corrected chi connectivity index (χ4v) is 2.48. The molecule has 0 aliphatic rings. The van der Waals surface area contributed by atoms with Crippen molar-refractivity contribution in [1.82, 2.24) is 9.97 Å². The number of hydrogen-bond donors (Lipinski definition) is 1. The Balaban J connectivity index is 2.08. The second-order valence-corrected chi connectivity index (χ2v) is 5.82. The lowest BCUT2D eigenvalue weighted by Gasteiger charge is -2.15. The van der Waals surface area contributed by atoms with Crippen LogP contribution < -0.4 is 5.32 Å². The van der Waals surface area contributed by atoms with E-state index in [0.29, 0.717) is 6.07 Å². The molecule has 29 heavy (non-hydrogen) atoms. The predicted octanol–water partition coefficient (Wildman–Crippen LogP) is 6.43. The van der Waals surface area contributed by atoms with Crippen molar-refractivity contribution in [2.75, 3.05) is 5.32 Å². The van der Waals surface area contributed by atoms with E-state index in [-0.39, 0.29) is 17.6 Å². The monoisotopic (exact) mass is 425 g/mol. The van der Waals surface area contributed by atoms with Crippen molar-refractivity contribution >= 4 is 22.5 Å². The molecule has 0 aliphatic heterocycles. The normalized spacial score (nSPS) is 13.0. The third kappa shape index (κ3) is 4.51. The smallest absolute Gasteiger partial charge is 0.340 e. The predicted molar refractivity (Wildman–Crippen MR) is 84.3 cm³/mol. The molecule has 1 N–H and O–H groups in total. The van der Waals surface area contributed by atoms with Gasteiger partial charge in [0, 0.05) is 11.1 Å². The lowest BCUT2D eigenvalue weighted by molar-refractivity contribution is -0.144. The molecule has 0 bridgehead atoms. The number of fused-ring (bicyclic) bond motifs is 1. The molecule has 0 radical (unpaired) electrons. The summed E-state index contributed by atoms with van der Waals surface area (Å²) in [7, 11) is 0. The number of nitrogens with one attached hydrogen (secondary N) is 1. The van der Waals surface area contributed by atoms with Crippen LogP contribution in [-0.2, 0) is 18.5 Å². The minimum atomic E-state index is -5.15. The van der Waals surface area contributed by atoms with E-state index in [4.69, 9.17) is 0 Å². The SMILES string of the molecule is FC(F)(F)c1cccc(Nc2ccc3c(C(F)(F)F)cc(C(F)(F)F)nc3n2)c1. The Bertz CT molecular complexity index is 1050. The summed E-state index contributed by atoms with van der Waals surface area (Å²) in [6.07, 6.45) is -14.9. The Hall–Kier alpha value is -3.05. The average Bonchev–Trinajstić information content (AvgIpc) is 2.58. The second-order valence-electron chi connectivity index (χ2n) is 5.82. The van der Waals surface area contributed by atoms with Gasteiger partial charge in [0.2, 0.25) is 0 Å². The lowest BCUT2D eigenvalue weighted by atomic mass is 10.1. The van der Waals surface area contributed by atoms with Crippen LogP contribution in [0.3, 0.4) is 0 Å². The van der Waals surface area contributed by atoms with Crippen LogP contribution in [0.15, 0.2) is 42.5 Å². The van der Waals surface area contributed by atoms with Crippen LogP contribution in [0, 0.1) is 0 Å². The van der Waals surface area contributed by atoms with Crippen LogP contribution in [0.5, 0.6) is 0 Å². The Morgan fingerprint density at radius 3 is 1.97 bits per heavy atom. The first-order valence-electron chi connectivity index (χ1n) is 7.65. The van der Waals surface area contributed by atoms with Gasteiger partial charge in [-0.1, -0.05) is 6.07 Å². The van der Waals surface area contributed by atoms with Gasteiger partial charge in [0.1, 0.15) is 11.5 Å². The van der Waals surface area contributed by atoms with E-state index in [1.54, 1.807) is 0 Å². The van der Waals surface area contributed by atoms with E-state index in [9.17, 15) is 39.5 Å². The van der Waals surface area contributed by atoms with Crippen molar-refractivity contribution < 1.29 is 39.5 Å².